The molecule has 102 valence electrons. The monoisotopic (exact) mass is 243 g/mol. The Morgan fingerprint density at radius 2 is 2.29 bits per heavy atom. The third-order valence-electron chi connectivity index (χ3n) is 3.85. The number of nitrogens with one attached hydrogen (secondary N) is 1. The average Bonchev–Trinajstić information content (AvgIpc) is 2.70. The van der Waals surface area contributed by atoms with Gasteiger partial charge in [0, 0.05) is 38.8 Å². The molecule has 0 aromatic heterocycles. The fraction of sp³-hybridized carbons (Fsp3) is 1.00. The van der Waals surface area contributed by atoms with Crippen LogP contribution in [-0.4, -0.2) is 75.9 Å². The topological polar surface area (TPSA) is 27.7 Å². The summed E-state index contributed by atoms with van der Waals surface area (Å²) in [5.74, 6) is 0. The minimum absolute atomic E-state index is 0.584. The quantitative estimate of drug-likeness (QED) is 0.633. The highest BCUT2D eigenvalue weighted by molar-refractivity contribution is 4.80. The summed E-state index contributed by atoms with van der Waals surface area (Å²) >= 11 is 0. The number of hydrogen-bond acceptors (Lipinski definition) is 4. The number of likely N-dealkylation sites (tertiary alicyclic amines) is 1. The van der Waals surface area contributed by atoms with Crippen LogP contribution in [0.3, 0.4) is 0 Å². The van der Waals surface area contributed by atoms with Crippen LogP contribution in [0, 0.1) is 0 Å². The van der Waals surface area contributed by atoms with Crippen molar-refractivity contribution in [3.8, 4) is 0 Å². The smallest absolute Gasteiger partial charge is 0.0587 e. The predicted octanol–water partition coefficient (Wildman–Crippen LogP) is 0.637. The first-order chi connectivity index (χ1) is 8.15. The Hall–Kier alpha value is -0.160. The first-order valence-corrected chi connectivity index (χ1v) is 6.75. The van der Waals surface area contributed by atoms with Crippen molar-refractivity contribution in [2.75, 3.05) is 54.0 Å². The normalized spacial score (nSPS) is 23.5. The van der Waals surface area contributed by atoms with Gasteiger partial charge in [0.2, 0.25) is 0 Å². The minimum Gasteiger partial charge on any atom is -0.383 e. The third kappa shape index (κ3) is 5.34. The molecule has 1 saturated heterocycles. The Morgan fingerprint density at radius 1 is 1.53 bits per heavy atom. The van der Waals surface area contributed by atoms with Crippen LogP contribution in [0.2, 0.25) is 0 Å². The first kappa shape index (κ1) is 14.9. The Bertz CT molecular complexity index is 201. The molecule has 1 rings (SSSR count). The molecule has 0 aromatic carbocycles. The standard InChI is InChI=1S/C13H29N3O/c1-12(10-14-7-9-17-4)16(3)11-13-6-5-8-15(13)2/h12-14H,5-11H2,1-4H3. The van der Waals surface area contributed by atoms with E-state index in [0.717, 1.165) is 25.7 Å². The number of nitrogens with zero attached hydrogens (tertiary/aromatic N) is 2. The van der Waals surface area contributed by atoms with Crippen molar-refractivity contribution in [2.24, 2.45) is 0 Å². The second kappa shape index (κ2) is 8.03. The second-order valence-corrected chi connectivity index (χ2v) is 5.26. The summed E-state index contributed by atoms with van der Waals surface area (Å²) in [4.78, 5) is 4.95. The molecule has 0 amide bonds. The summed E-state index contributed by atoms with van der Waals surface area (Å²) in [6, 6.07) is 1.34. The van der Waals surface area contributed by atoms with Gasteiger partial charge in [-0.25, -0.2) is 0 Å². The second-order valence-electron chi connectivity index (χ2n) is 5.26. The summed E-state index contributed by atoms with van der Waals surface area (Å²) in [7, 11) is 6.22. The molecule has 4 nitrogen and oxygen atoms in total. The largest absolute Gasteiger partial charge is 0.383 e. The van der Waals surface area contributed by atoms with Gasteiger partial charge in [0.25, 0.3) is 0 Å². The van der Waals surface area contributed by atoms with E-state index in [2.05, 4.69) is 36.1 Å². The lowest BCUT2D eigenvalue weighted by molar-refractivity contribution is 0.172. The number of likely N-dealkylation sites (N-methyl/N-ethyl adjacent to an activating group) is 2. The van der Waals surface area contributed by atoms with Crippen molar-refractivity contribution in [1.82, 2.24) is 15.1 Å². The van der Waals surface area contributed by atoms with E-state index < -0.39 is 0 Å². The Kier molecular flexibility index (Phi) is 7.04. The van der Waals surface area contributed by atoms with Crippen LogP contribution in [0.1, 0.15) is 19.8 Å². The first-order valence-electron chi connectivity index (χ1n) is 6.75. The van der Waals surface area contributed by atoms with Gasteiger partial charge in [0.15, 0.2) is 0 Å². The van der Waals surface area contributed by atoms with E-state index in [4.69, 9.17) is 4.74 Å². The molecule has 0 saturated carbocycles. The van der Waals surface area contributed by atoms with Crippen molar-refractivity contribution >= 4 is 0 Å². The van der Waals surface area contributed by atoms with E-state index >= 15 is 0 Å². The zero-order valence-electron chi connectivity index (χ0n) is 11.9. The molecule has 0 aromatic rings. The maximum Gasteiger partial charge on any atom is 0.0587 e. The van der Waals surface area contributed by atoms with Gasteiger partial charge in [0.1, 0.15) is 0 Å². The molecule has 0 bridgehead atoms. The Balaban J connectivity index is 2.15. The van der Waals surface area contributed by atoms with Crippen LogP contribution in [0.4, 0.5) is 0 Å². The molecule has 4 heteroatoms. The Labute approximate surface area is 106 Å². The van der Waals surface area contributed by atoms with Gasteiger partial charge in [-0.2, -0.15) is 0 Å². The number of rotatable bonds is 8. The molecule has 0 radical (unpaired) electrons. The summed E-state index contributed by atoms with van der Waals surface area (Å²) in [6.07, 6.45) is 2.71. The predicted molar refractivity (Wildman–Crippen MR) is 72.5 cm³/mol. The van der Waals surface area contributed by atoms with E-state index in [9.17, 15) is 0 Å². The van der Waals surface area contributed by atoms with Crippen LogP contribution in [0.25, 0.3) is 0 Å². The highest BCUT2D eigenvalue weighted by Gasteiger charge is 2.23. The lowest BCUT2D eigenvalue weighted by Crippen LogP contribution is -2.44. The molecule has 1 heterocycles. The molecule has 1 N–H and O–H groups in total. The van der Waals surface area contributed by atoms with Crippen molar-refractivity contribution in [1.29, 1.82) is 0 Å². The molecule has 17 heavy (non-hydrogen) atoms. The molecule has 1 fully saturated rings. The molecule has 0 spiro atoms. The van der Waals surface area contributed by atoms with E-state index in [1.54, 1.807) is 7.11 Å². The van der Waals surface area contributed by atoms with Crippen LogP contribution < -0.4 is 5.32 Å². The van der Waals surface area contributed by atoms with Crippen molar-refractivity contribution in [2.45, 2.75) is 31.8 Å². The molecule has 1 aliphatic rings. The van der Waals surface area contributed by atoms with Crippen LogP contribution in [-0.2, 0) is 4.74 Å². The zero-order chi connectivity index (χ0) is 12.7. The highest BCUT2D eigenvalue weighted by atomic mass is 16.5. The molecular formula is C13H29N3O. The van der Waals surface area contributed by atoms with Crippen LogP contribution in [0.5, 0.6) is 0 Å². The van der Waals surface area contributed by atoms with Gasteiger partial charge < -0.3 is 19.9 Å². The third-order valence-corrected chi connectivity index (χ3v) is 3.85. The van der Waals surface area contributed by atoms with Crippen LogP contribution >= 0.6 is 0 Å². The lowest BCUT2D eigenvalue weighted by atomic mass is 10.2. The SMILES string of the molecule is COCCNCC(C)N(C)CC1CCCN1C. The van der Waals surface area contributed by atoms with Gasteiger partial charge in [-0.1, -0.05) is 0 Å². The van der Waals surface area contributed by atoms with E-state index in [1.807, 2.05) is 0 Å². The van der Waals surface area contributed by atoms with E-state index in [-0.39, 0.29) is 0 Å². The lowest BCUT2D eigenvalue weighted by Gasteiger charge is -2.30. The molecule has 2 unspecified atom stereocenters. The molecule has 2 atom stereocenters. The number of methoxy groups -OCH3 is 1. The van der Waals surface area contributed by atoms with Gasteiger partial charge in [-0.05, 0) is 40.4 Å². The minimum atomic E-state index is 0.584. The van der Waals surface area contributed by atoms with Crippen molar-refractivity contribution in [3.05, 3.63) is 0 Å². The fourth-order valence-corrected chi connectivity index (χ4v) is 2.36. The average molecular weight is 243 g/mol. The molecular weight excluding hydrogens is 214 g/mol. The molecule has 1 aliphatic heterocycles. The zero-order valence-corrected chi connectivity index (χ0v) is 11.9. The summed E-state index contributed by atoms with van der Waals surface area (Å²) in [5, 5.41) is 3.42. The fourth-order valence-electron chi connectivity index (χ4n) is 2.36. The van der Waals surface area contributed by atoms with Crippen LogP contribution in [0.15, 0.2) is 0 Å². The molecule has 0 aliphatic carbocycles. The number of ether oxygens (including phenoxy) is 1. The van der Waals surface area contributed by atoms with Gasteiger partial charge in [-0.15, -0.1) is 0 Å². The van der Waals surface area contributed by atoms with Crippen molar-refractivity contribution in [3.63, 3.8) is 0 Å². The van der Waals surface area contributed by atoms with Crippen molar-refractivity contribution < 1.29 is 4.74 Å². The summed E-state index contributed by atoms with van der Waals surface area (Å²) in [6.45, 7) is 7.51. The van der Waals surface area contributed by atoms with Gasteiger partial charge >= 0.3 is 0 Å². The van der Waals surface area contributed by atoms with Gasteiger partial charge in [0.05, 0.1) is 6.61 Å². The van der Waals surface area contributed by atoms with Gasteiger partial charge in [-0.3, -0.25) is 0 Å². The Morgan fingerprint density at radius 3 is 2.88 bits per heavy atom. The highest BCUT2D eigenvalue weighted by Crippen LogP contribution is 2.15. The maximum absolute atomic E-state index is 5.02. The maximum atomic E-state index is 5.02. The van der Waals surface area contributed by atoms with E-state index in [0.29, 0.717) is 6.04 Å². The number of hydrogen-bond donors (Lipinski definition) is 1. The van der Waals surface area contributed by atoms with E-state index in [1.165, 1.54) is 25.9 Å². The summed E-state index contributed by atoms with van der Waals surface area (Å²) < 4.78 is 5.02. The summed E-state index contributed by atoms with van der Waals surface area (Å²) in [5.41, 5.74) is 0.